The third kappa shape index (κ3) is 2.37. The highest BCUT2D eigenvalue weighted by Crippen LogP contribution is 2.33. The second-order valence-corrected chi connectivity index (χ2v) is 6.56. The molecule has 2 aliphatic carbocycles. The monoisotopic (exact) mass is 259 g/mol. The number of aromatic nitrogens is 1. The summed E-state index contributed by atoms with van der Waals surface area (Å²) in [6, 6.07) is 2.13. The second kappa shape index (κ2) is 5.15. The predicted molar refractivity (Wildman–Crippen MR) is 77.6 cm³/mol. The van der Waals surface area contributed by atoms with Gasteiger partial charge in [0.2, 0.25) is 0 Å². The fourth-order valence-electron chi connectivity index (χ4n) is 3.94. The maximum Gasteiger partial charge on any atom is 0.164 e. The maximum atomic E-state index is 12.0. The predicted octanol–water partition coefficient (Wildman–Crippen LogP) is 4.14. The number of hydrogen-bond donors (Lipinski definition) is 0. The van der Waals surface area contributed by atoms with Crippen LogP contribution in [0.15, 0.2) is 6.07 Å². The molecule has 104 valence electrons. The Morgan fingerprint density at radius 2 is 2.00 bits per heavy atom. The summed E-state index contributed by atoms with van der Waals surface area (Å²) in [5, 5.41) is 0. The minimum Gasteiger partial charge on any atom is -0.348 e. The summed E-state index contributed by atoms with van der Waals surface area (Å²) in [5.41, 5.74) is 3.64. The molecular weight excluding hydrogens is 234 g/mol. The highest BCUT2D eigenvalue weighted by atomic mass is 16.1. The molecule has 19 heavy (non-hydrogen) atoms. The average molecular weight is 259 g/mol. The molecule has 0 saturated heterocycles. The van der Waals surface area contributed by atoms with Gasteiger partial charge in [0.15, 0.2) is 5.78 Å². The Morgan fingerprint density at radius 1 is 1.21 bits per heavy atom. The summed E-state index contributed by atoms with van der Waals surface area (Å²) < 4.78 is 2.46. The van der Waals surface area contributed by atoms with Crippen molar-refractivity contribution in [2.24, 2.45) is 11.8 Å². The number of Topliss-reactive ketones (excluding diaryl/α,β-unsaturated/α-hetero) is 1. The van der Waals surface area contributed by atoms with Crippen molar-refractivity contribution >= 4 is 5.78 Å². The minimum atomic E-state index is 0.361. The molecule has 1 aromatic heterocycles. The SMILES string of the molecule is Cc1cc2c(n1CC1CCCCC1C)CCCC2=O. The number of hydrogen-bond acceptors (Lipinski definition) is 1. The van der Waals surface area contributed by atoms with Crippen molar-refractivity contribution in [2.45, 2.75) is 65.3 Å². The molecule has 2 atom stereocenters. The van der Waals surface area contributed by atoms with Gasteiger partial charge in [0.25, 0.3) is 0 Å². The van der Waals surface area contributed by atoms with Gasteiger partial charge in [-0.2, -0.15) is 0 Å². The van der Waals surface area contributed by atoms with Gasteiger partial charge in [-0.05, 0) is 44.1 Å². The van der Waals surface area contributed by atoms with Crippen LogP contribution in [0.3, 0.4) is 0 Å². The van der Waals surface area contributed by atoms with Gasteiger partial charge in [-0.1, -0.05) is 26.2 Å². The molecule has 2 nitrogen and oxygen atoms in total. The fourth-order valence-corrected chi connectivity index (χ4v) is 3.94. The van der Waals surface area contributed by atoms with Gasteiger partial charge in [-0.15, -0.1) is 0 Å². The van der Waals surface area contributed by atoms with Gasteiger partial charge in [0.1, 0.15) is 0 Å². The smallest absolute Gasteiger partial charge is 0.164 e. The van der Waals surface area contributed by atoms with Crippen LogP contribution in [-0.4, -0.2) is 10.4 Å². The molecule has 1 saturated carbocycles. The first-order chi connectivity index (χ1) is 9.16. The molecule has 2 unspecified atom stereocenters. The lowest BCUT2D eigenvalue weighted by atomic mass is 9.80. The van der Waals surface area contributed by atoms with E-state index >= 15 is 0 Å². The van der Waals surface area contributed by atoms with E-state index in [0.717, 1.165) is 43.2 Å². The molecule has 0 amide bonds. The number of carbonyl (C=O) groups excluding carboxylic acids is 1. The van der Waals surface area contributed by atoms with Gasteiger partial charge >= 0.3 is 0 Å². The van der Waals surface area contributed by atoms with Crippen LogP contribution in [0.2, 0.25) is 0 Å². The number of aryl methyl sites for hydroxylation is 1. The quantitative estimate of drug-likeness (QED) is 0.782. The van der Waals surface area contributed by atoms with Crippen molar-refractivity contribution in [1.29, 1.82) is 0 Å². The highest BCUT2D eigenvalue weighted by Gasteiger charge is 2.26. The van der Waals surface area contributed by atoms with Crippen LogP contribution in [0.1, 0.15) is 67.2 Å². The topological polar surface area (TPSA) is 22.0 Å². The molecule has 2 aliphatic rings. The van der Waals surface area contributed by atoms with Crippen molar-refractivity contribution in [3.8, 4) is 0 Å². The average Bonchev–Trinajstić information content (AvgIpc) is 2.71. The van der Waals surface area contributed by atoms with E-state index in [0.29, 0.717) is 5.78 Å². The van der Waals surface area contributed by atoms with Crippen LogP contribution >= 0.6 is 0 Å². The van der Waals surface area contributed by atoms with Crippen molar-refractivity contribution in [3.63, 3.8) is 0 Å². The lowest BCUT2D eigenvalue weighted by Gasteiger charge is -2.30. The van der Waals surface area contributed by atoms with Crippen molar-refractivity contribution < 1.29 is 4.79 Å². The van der Waals surface area contributed by atoms with Gasteiger partial charge in [-0.25, -0.2) is 0 Å². The number of fused-ring (bicyclic) bond motifs is 1. The van der Waals surface area contributed by atoms with Crippen LogP contribution < -0.4 is 0 Å². The Labute approximate surface area is 116 Å². The largest absolute Gasteiger partial charge is 0.348 e. The highest BCUT2D eigenvalue weighted by molar-refractivity contribution is 5.98. The van der Waals surface area contributed by atoms with Crippen molar-refractivity contribution in [1.82, 2.24) is 4.57 Å². The molecule has 1 aromatic rings. The van der Waals surface area contributed by atoms with Crippen molar-refractivity contribution in [3.05, 3.63) is 23.0 Å². The summed E-state index contributed by atoms with van der Waals surface area (Å²) in [7, 11) is 0. The van der Waals surface area contributed by atoms with Gasteiger partial charge < -0.3 is 4.57 Å². The molecule has 2 heteroatoms. The van der Waals surface area contributed by atoms with Crippen LogP contribution in [0.25, 0.3) is 0 Å². The van der Waals surface area contributed by atoms with Crippen LogP contribution in [0.5, 0.6) is 0 Å². The van der Waals surface area contributed by atoms with Crippen LogP contribution in [0.4, 0.5) is 0 Å². The third-order valence-corrected chi connectivity index (χ3v) is 5.24. The van der Waals surface area contributed by atoms with E-state index in [-0.39, 0.29) is 0 Å². The normalized spacial score (nSPS) is 27.4. The Balaban J connectivity index is 1.86. The van der Waals surface area contributed by atoms with Gasteiger partial charge in [-0.3, -0.25) is 4.79 Å². The first-order valence-electron chi connectivity index (χ1n) is 7.89. The van der Waals surface area contributed by atoms with E-state index < -0.39 is 0 Å². The minimum absolute atomic E-state index is 0.361. The van der Waals surface area contributed by atoms with E-state index in [1.807, 2.05) is 0 Å². The number of rotatable bonds is 2. The van der Waals surface area contributed by atoms with E-state index in [1.54, 1.807) is 0 Å². The zero-order chi connectivity index (χ0) is 13.4. The molecule has 0 bridgehead atoms. The third-order valence-electron chi connectivity index (χ3n) is 5.24. The Morgan fingerprint density at radius 3 is 2.79 bits per heavy atom. The molecular formula is C17H25NO. The maximum absolute atomic E-state index is 12.0. The van der Waals surface area contributed by atoms with Crippen LogP contribution in [0, 0.1) is 18.8 Å². The van der Waals surface area contributed by atoms with Gasteiger partial charge in [0.05, 0.1) is 0 Å². The molecule has 0 radical (unpaired) electrons. The second-order valence-electron chi connectivity index (χ2n) is 6.56. The molecule has 0 spiro atoms. The summed E-state index contributed by atoms with van der Waals surface area (Å²) in [6.45, 7) is 5.70. The van der Waals surface area contributed by atoms with E-state index in [9.17, 15) is 4.79 Å². The summed E-state index contributed by atoms with van der Waals surface area (Å²) >= 11 is 0. The van der Waals surface area contributed by atoms with Gasteiger partial charge in [0, 0.05) is 29.9 Å². The lowest BCUT2D eigenvalue weighted by Crippen LogP contribution is -2.24. The first-order valence-corrected chi connectivity index (χ1v) is 7.89. The Kier molecular flexibility index (Phi) is 3.51. The van der Waals surface area contributed by atoms with E-state index in [4.69, 9.17) is 0 Å². The lowest BCUT2D eigenvalue weighted by molar-refractivity contribution is 0.0971. The Bertz CT molecular complexity index is 486. The molecule has 1 heterocycles. The molecule has 0 aromatic carbocycles. The summed E-state index contributed by atoms with van der Waals surface area (Å²) in [4.78, 5) is 12.0. The number of carbonyl (C=O) groups is 1. The number of ketones is 1. The zero-order valence-electron chi connectivity index (χ0n) is 12.2. The Hall–Kier alpha value is -1.05. The summed E-state index contributed by atoms with van der Waals surface area (Å²) in [6.07, 6.45) is 8.41. The number of nitrogens with zero attached hydrogens (tertiary/aromatic N) is 1. The fraction of sp³-hybridized carbons (Fsp3) is 0.706. The van der Waals surface area contributed by atoms with Crippen molar-refractivity contribution in [2.75, 3.05) is 0 Å². The first kappa shape index (κ1) is 13.0. The van der Waals surface area contributed by atoms with Crippen LogP contribution in [-0.2, 0) is 13.0 Å². The summed E-state index contributed by atoms with van der Waals surface area (Å²) in [5.74, 6) is 2.01. The molecule has 0 N–H and O–H groups in total. The van der Waals surface area contributed by atoms with E-state index in [2.05, 4.69) is 24.5 Å². The van der Waals surface area contributed by atoms with E-state index in [1.165, 1.54) is 37.1 Å². The molecule has 1 fully saturated rings. The standard InChI is InChI=1S/C17H25NO/c1-12-6-3-4-7-14(12)11-18-13(2)10-15-16(18)8-5-9-17(15)19/h10,12,14H,3-9,11H2,1-2H3. The molecule has 0 aliphatic heterocycles. The molecule has 3 rings (SSSR count). The zero-order valence-corrected chi connectivity index (χ0v) is 12.2.